The van der Waals surface area contributed by atoms with E-state index < -0.39 is 16.1 Å². The number of nitrogens with zero attached hydrogens (tertiary/aromatic N) is 1. The minimum Gasteiger partial charge on any atom is -0.486 e. The van der Waals surface area contributed by atoms with Gasteiger partial charge in [0.25, 0.3) is 0 Å². The summed E-state index contributed by atoms with van der Waals surface area (Å²) in [6, 6.07) is 13.7. The highest BCUT2D eigenvalue weighted by Gasteiger charge is 2.43. The van der Waals surface area contributed by atoms with Crippen LogP contribution in [0.4, 0.5) is 0 Å². The number of benzene rings is 2. The monoisotopic (exact) mass is 402 g/mol. The van der Waals surface area contributed by atoms with E-state index in [1.807, 2.05) is 30.3 Å². The zero-order chi connectivity index (χ0) is 19.6. The van der Waals surface area contributed by atoms with E-state index in [0.29, 0.717) is 50.6 Å². The molecule has 2 heterocycles. The third-order valence-corrected chi connectivity index (χ3v) is 6.85. The van der Waals surface area contributed by atoms with Crippen LogP contribution in [-0.2, 0) is 21.2 Å². The Kier molecular flexibility index (Phi) is 5.23. The van der Waals surface area contributed by atoms with Crippen LogP contribution >= 0.6 is 0 Å². The Morgan fingerprint density at radius 2 is 1.82 bits per heavy atom. The van der Waals surface area contributed by atoms with Crippen molar-refractivity contribution in [1.82, 2.24) is 9.62 Å². The minimum atomic E-state index is -3.77. The lowest BCUT2D eigenvalue weighted by Crippen LogP contribution is -2.58. The zero-order valence-electron chi connectivity index (χ0n) is 15.3. The summed E-state index contributed by atoms with van der Waals surface area (Å²) < 4.78 is 38.1. The third-order valence-electron chi connectivity index (χ3n) is 4.95. The van der Waals surface area contributed by atoms with Gasteiger partial charge in [0.05, 0.1) is 4.90 Å². The molecule has 4 rings (SSSR count). The number of rotatable bonds is 6. The number of sulfonamides is 1. The van der Waals surface area contributed by atoms with Crippen LogP contribution in [-0.4, -0.2) is 51.0 Å². The molecule has 1 saturated heterocycles. The fraction of sp³-hybridized carbons (Fsp3) is 0.350. The van der Waals surface area contributed by atoms with E-state index in [9.17, 15) is 13.2 Å². The Hall–Kier alpha value is -2.58. The van der Waals surface area contributed by atoms with Gasteiger partial charge < -0.3 is 14.8 Å². The lowest BCUT2D eigenvalue weighted by atomic mass is 10.1. The van der Waals surface area contributed by atoms with Crippen LogP contribution in [0.15, 0.2) is 53.4 Å². The lowest BCUT2D eigenvalue weighted by Gasteiger charge is -2.38. The molecule has 7 nitrogen and oxygen atoms in total. The van der Waals surface area contributed by atoms with E-state index in [2.05, 4.69) is 5.32 Å². The molecule has 8 heteroatoms. The van der Waals surface area contributed by atoms with E-state index in [0.717, 1.165) is 5.56 Å². The van der Waals surface area contributed by atoms with E-state index in [-0.39, 0.29) is 10.8 Å². The zero-order valence-corrected chi connectivity index (χ0v) is 16.2. The maximum absolute atomic E-state index is 13.0. The summed E-state index contributed by atoms with van der Waals surface area (Å²) in [6.07, 6.45) is 1.22. The number of ether oxygens (including phenoxy) is 2. The highest BCUT2D eigenvalue weighted by molar-refractivity contribution is 7.89. The second kappa shape index (κ2) is 7.81. The van der Waals surface area contributed by atoms with Crippen molar-refractivity contribution in [3.05, 3.63) is 54.1 Å². The summed E-state index contributed by atoms with van der Waals surface area (Å²) in [5.41, 5.74) is 1.12. The molecule has 2 aliphatic rings. The highest BCUT2D eigenvalue weighted by Crippen LogP contribution is 2.35. The Morgan fingerprint density at radius 1 is 1.07 bits per heavy atom. The predicted molar refractivity (Wildman–Crippen MR) is 103 cm³/mol. The maximum Gasteiger partial charge on any atom is 0.243 e. The van der Waals surface area contributed by atoms with E-state index in [1.54, 1.807) is 6.07 Å². The molecule has 2 aromatic carbocycles. The molecular weight excluding hydrogens is 380 g/mol. The van der Waals surface area contributed by atoms with Gasteiger partial charge in [-0.15, -0.1) is 0 Å². The molecule has 0 spiro atoms. The van der Waals surface area contributed by atoms with Gasteiger partial charge in [-0.25, -0.2) is 8.42 Å². The fourth-order valence-corrected chi connectivity index (χ4v) is 4.97. The molecule has 2 aromatic rings. The Balaban J connectivity index is 1.40. The van der Waals surface area contributed by atoms with Gasteiger partial charge in [0.1, 0.15) is 19.3 Å². The van der Waals surface area contributed by atoms with Gasteiger partial charge in [-0.2, -0.15) is 4.31 Å². The largest absolute Gasteiger partial charge is 0.486 e. The number of hydrogen-bond donors (Lipinski definition) is 1. The van der Waals surface area contributed by atoms with Crippen molar-refractivity contribution < 1.29 is 22.7 Å². The maximum atomic E-state index is 13.0. The van der Waals surface area contributed by atoms with Crippen molar-refractivity contribution in [3.8, 4) is 11.5 Å². The van der Waals surface area contributed by atoms with Crippen LogP contribution in [0.2, 0.25) is 0 Å². The quantitative estimate of drug-likeness (QED) is 0.793. The molecule has 0 aromatic heterocycles. The average Bonchev–Trinajstić information content (AvgIpc) is 2.67. The van der Waals surface area contributed by atoms with Crippen LogP contribution in [0.1, 0.15) is 12.0 Å². The van der Waals surface area contributed by atoms with Gasteiger partial charge in [-0.1, -0.05) is 30.3 Å². The van der Waals surface area contributed by atoms with Gasteiger partial charge in [0.15, 0.2) is 11.5 Å². The molecule has 2 aliphatic heterocycles. The van der Waals surface area contributed by atoms with Gasteiger partial charge >= 0.3 is 0 Å². The molecule has 28 heavy (non-hydrogen) atoms. The summed E-state index contributed by atoms with van der Waals surface area (Å²) in [4.78, 5) is 12.6. The summed E-state index contributed by atoms with van der Waals surface area (Å²) in [5, 5.41) is 2.85. The standard InChI is InChI=1S/C20H22N2O5S/c23-20(21-10-8-15-4-2-1-3-5-15)17-9-11-22(17)28(24,25)16-6-7-18-19(14-16)27-13-12-26-18/h1-7,14,17H,8-13H2,(H,21,23)/t17-/m0/s1. The smallest absolute Gasteiger partial charge is 0.243 e. The van der Waals surface area contributed by atoms with Gasteiger partial charge in [-0.05, 0) is 30.5 Å². The molecule has 0 aliphatic carbocycles. The van der Waals surface area contributed by atoms with Crippen molar-refractivity contribution >= 4 is 15.9 Å². The Bertz CT molecular complexity index is 962. The molecular formula is C20H22N2O5S. The summed E-state index contributed by atoms with van der Waals surface area (Å²) in [5.74, 6) is 0.684. The number of carbonyl (C=O) groups is 1. The number of amides is 1. The SMILES string of the molecule is O=C(NCCc1ccccc1)[C@@H]1CCN1S(=O)(=O)c1ccc2c(c1)OCCO2. The van der Waals surface area contributed by atoms with Gasteiger partial charge in [-0.3, -0.25) is 4.79 Å². The Labute approximate surface area is 164 Å². The van der Waals surface area contributed by atoms with Crippen LogP contribution in [0.25, 0.3) is 0 Å². The topological polar surface area (TPSA) is 84.9 Å². The first-order valence-electron chi connectivity index (χ1n) is 9.29. The van der Waals surface area contributed by atoms with Crippen LogP contribution in [0.5, 0.6) is 11.5 Å². The predicted octanol–water partition coefficient (Wildman–Crippen LogP) is 1.58. The van der Waals surface area contributed by atoms with Crippen LogP contribution in [0, 0.1) is 0 Å². The normalized spacial score (nSPS) is 18.9. The molecule has 1 N–H and O–H groups in total. The van der Waals surface area contributed by atoms with E-state index in [1.165, 1.54) is 16.4 Å². The summed E-state index contributed by atoms with van der Waals surface area (Å²) >= 11 is 0. The highest BCUT2D eigenvalue weighted by atomic mass is 32.2. The molecule has 0 saturated carbocycles. The molecule has 148 valence electrons. The lowest BCUT2D eigenvalue weighted by molar-refractivity contribution is -0.127. The van der Waals surface area contributed by atoms with Crippen molar-refractivity contribution in [2.24, 2.45) is 0 Å². The first kappa shape index (κ1) is 18.8. The first-order valence-corrected chi connectivity index (χ1v) is 10.7. The summed E-state index contributed by atoms with van der Waals surface area (Å²) in [6.45, 7) is 1.62. The molecule has 1 fully saturated rings. The van der Waals surface area contributed by atoms with Crippen LogP contribution in [0.3, 0.4) is 0 Å². The summed E-state index contributed by atoms with van der Waals surface area (Å²) in [7, 11) is -3.77. The molecule has 1 atom stereocenters. The number of carbonyl (C=O) groups excluding carboxylic acids is 1. The number of nitrogens with one attached hydrogen (secondary N) is 1. The second-order valence-corrected chi connectivity index (χ2v) is 8.64. The minimum absolute atomic E-state index is 0.110. The molecule has 1 amide bonds. The molecule has 0 radical (unpaired) electrons. The van der Waals surface area contributed by atoms with E-state index >= 15 is 0 Å². The van der Waals surface area contributed by atoms with Crippen molar-refractivity contribution in [2.75, 3.05) is 26.3 Å². The van der Waals surface area contributed by atoms with Crippen molar-refractivity contribution in [1.29, 1.82) is 0 Å². The third kappa shape index (κ3) is 3.70. The number of hydrogen-bond acceptors (Lipinski definition) is 5. The Morgan fingerprint density at radius 3 is 2.54 bits per heavy atom. The first-order chi connectivity index (χ1) is 13.6. The molecule has 0 bridgehead atoms. The second-order valence-electron chi connectivity index (χ2n) is 6.75. The van der Waals surface area contributed by atoms with Crippen molar-refractivity contribution in [2.45, 2.75) is 23.8 Å². The van der Waals surface area contributed by atoms with Gasteiger partial charge in [0, 0.05) is 19.2 Å². The molecule has 0 unspecified atom stereocenters. The fourth-order valence-electron chi connectivity index (χ4n) is 3.33. The van der Waals surface area contributed by atoms with E-state index in [4.69, 9.17) is 9.47 Å². The average molecular weight is 402 g/mol. The van der Waals surface area contributed by atoms with Crippen LogP contribution < -0.4 is 14.8 Å². The number of fused-ring (bicyclic) bond motifs is 1. The van der Waals surface area contributed by atoms with Gasteiger partial charge in [0.2, 0.25) is 15.9 Å². The van der Waals surface area contributed by atoms with Crippen molar-refractivity contribution in [3.63, 3.8) is 0 Å².